The molecule has 0 saturated heterocycles. The van der Waals surface area contributed by atoms with Gasteiger partial charge in [-0.2, -0.15) is 15.3 Å². The van der Waals surface area contributed by atoms with Crippen molar-refractivity contribution in [1.29, 1.82) is 5.26 Å². The van der Waals surface area contributed by atoms with Crippen LogP contribution in [-0.4, -0.2) is 42.9 Å². The van der Waals surface area contributed by atoms with Gasteiger partial charge in [-0.15, -0.1) is 0 Å². The SMILES string of the molecule is COc1c(Nc2nc(Nc3ccc(C#N)cc3)ncc2C(=O)O)cccc1-c1ncn(C)n1. The number of aryl methyl sites for hydroxylation is 1. The van der Waals surface area contributed by atoms with Gasteiger partial charge >= 0.3 is 5.97 Å². The molecule has 3 N–H and O–H groups in total. The minimum absolute atomic E-state index is 0.0677. The molecule has 0 aliphatic carbocycles. The molecule has 0 aliphatic rings. The van der Waals surface area contributed by atoms with E-state index >= 15 is 0 Å². The van der Waals surface area contributed by atoms with E-state index in [1.807, 2.05) is 6.07 Å². The Morgan fingerprint density at radius 2 is 1.94 bits per heavy atom. The summed E-state index contributed by atoms with van der Waals surface area (Å²) < 4.78 is 7.15. The van der Waals surface area contributed by atoms with E-state index in [1.54, 1.807) is 60.5 Å². The number of nitrogens with one attached hydrogen (secondary N) is 2. The molecule has 4 aromatic rings. The van der Waals surface area contributed by atoms with E-state index in [2.05, 4.69) is 30.7 Å². The number of aromatic nitrogens is 5. The van der Waals surface area contributed by atoms with Crippen LogP contribution in [0.15, 0.2) is 55.0 Å². The number of anilines is 4. The summed E-state index contributed by atoms with van der Waals surface area (Å²) in [5.74, 6) is -0.0571. The Hall–Kier alpha value is -4.98. The summed E-state index contributed by atoms with van der Waals surface area (Å²) in [7, 11) is 3.26. The maximum absolute atomic E-state index is 11.8. The molecule has 0 aliphatic heterocycles. The number of benzene rings is 2. The Bertz CT molecular complexity index is 1360. The highest BCUT2D eigenvalue weighted by Gasteiger charge is 2.19. The second kappa shape index (κ2) is 9.03. The van der Waals surface area contributed by atoms with E-state index in [4.69, 9.17) is 10.00 Å². The van der Waals surface area contributed by atoms with Gasteiger partial charge in [0.25, 0.3) is 0 Å². The van der Waals surface area contributed by atoms with Crippen LogP contribution in [0.3, 0.4) is 0 Å². The molecule has 33 heavy (non-hydrogen) atoms. The number of hydrogen-bond acceptors (Lipinski definition) is 9. The first-order chi connectivity index (χ1) is 16.0. The van der Waals surface area contributed by atoms with Crippen LogP contribution in [0.4, 0.5) is 23.1 Å². The highest BCUT2D eigenvalue weighted by molar-refractivity contribution is 5.94. The Labute approximate surface area is 188 Å². The van der Waals surface area contributed by atoms with Gasteiger partial charge < -0.3 is 20.5 Å². The molecule has 0 spiro atoms. The molecule has 2 heterocycles. The molecule has 0 bridgehead atoms. The number of ether oxygens (including phenoxy) is 1. The van der Waals surface area contributed by atoms with Crippen LogP contribution in [-0.2, 0) is 7.05 Å². The van der Waals surface area contributed by atoms with Gasteiger partial charge in [0.05, 0.1) is 30.0 Å². The van der Waals surface area contributed by atoms with Gasteiger partial charge in [-0.1, -0.05) is 6.07 Å². The van der Waals surface area contributed by atoms with E-state index in [0.29, 0.717) is 34.1 Å². The van der Waals surface area contributed by atoms with Crippen molar-refractivity contribution in [1.82, 2.24) is 24.7 Å². The van der Waals surface area contributed by atoms with Crippen LogP contribution >= 0.6 is 0 Å². The van der Waals surface area contributed by atoms with E-state index in [0.717, 1.165) is 0 Å². The fourth-order valence-electron chi connectivity index (χ4n) is 3.07. The summed E-state index contributed by atoms with van der Waals surface area (Å²) in [6, 6.07) is 14.0. The molecule has 2 aromatic carbocycles. The number of rotatable bonds is 7. The third-order valence-electron chi connectivity index (χ3n) is 4.60. The topological polar surface area (TPSA) is 151 Å². The van der Waals surface area contributed by atoms with Gasteiger partial charge in [-0.3, -0.25) is 4.68 Å². The van der Waals surface area contributed by atoms with Crippen molar-refractivity contribution in [2.24, 2.45) is 7.05 Å². The molecular weight excluding hydrogens is 424 g/mol. The first kappa shape index (κ1) is 21.3. The number of methoxy groups -OCH3 is 1. The van der Waals surface area contributed by atoms with Crippen LogP contribution < -0.4 is 15.4 Å². The number of carbonyl (C=O) groups is 1. The first-order valence-corrected chi connectivity index (χ1v) is 9.66. The van der Waals surface area contributed by atoms with Crippen LogP contribution in [0.1, 0.15) is 15.9 Å². The zero-order chi connectivity index (χ0) is 23.4. The lowest BCUT2D eigenvalue weighted by molar-refractivity contribution is 0.0697. The maximum atomic E-state index is 11.8. The molecule has 0 amide bonds. The molecule has 0 radical (unpaired) electrons. The Morgan fingerprint density at radius 3 is 2.58 bits per heavy atom. The quantitative estimate of drug-likeness (QED) is 0.389. The number of para-hydroxylation sites is 1. The lowest BCUT2D eigenvalue weighted by atomic mass is 10.1. The smallest absolute Gasteiger partial charge is 0.341 e. The minimum Gasteiger partial charge on any atom is -0.494 e. The largest absolute Gasteiger partial charge is 0.494 e. The van der Waals surface area contributed by atoms with Crippen LogP contribution in [0.25, 0.3) is 11.4 Å². The Morgan fingerprint density at radius 1 is 1.15 bits per heavy atom. The van der Waals surface area contributed by atoms with Gasteiger partial charge in [0.1, 0.15) is 11.9 Å². The molecule has 0 atom stereocenters. The fourth-order valence-corrected chi connectivity index (χ4v) is 3.07. The van der Waals surface area contributed by atoms with Crippen LogP contribution in [0.2, 0.25) is 0 Å². The van der Waals surface area contributed by atoms with E-state index < -0.39 is 5.97 Å². The van der Waals surface area contributed by atoms with Crippen molar-refractivity contribution in [2.75, 3.05) is 17.7 Å². The second-order valence-corrected chi connectivity index (χ2v) is 6.83. The number of nitriles is 1. The number of hydrogen-bond donors (Lipinski definition) is 3. The summed E-state index contributed by atoms with van der Waals surface area (Å²) in [4.78, 5) is 24.5. The predicted molar refractivity (Wildman–Crippen MR) is 120 cm³/mol. The minimum atomic E-state index is -1.19. The monoisotopic (exact) mass is 442 g/mol. The third-order valence-corrected chi connectivity index (χ3v) is 4.60. The second-order valence-electron chi connectivity index (χ2n) is 6.83. The molecule has 4 rings (SSSR count). The average molecular weight is 442 g/mol. The number of aromatic carboxylic acids is 1. The Balaban J connectivity index is 1.70. The van der Waals surface area contributed by atoms with E-state index in [1.165, 1.54) is 13.3 Å². The van der Waals surface area contributed by atoms with Crippen molar-refractivity contribution >= 4 is 29.1 Å². The zero-order valence-electron chi connectivity index (χ0n) is 17.6. The molecular formula is C22H18N8O3. The first-order valence-electron chi connectivity index (χ1n) is 9.66. The van der Waals surface area contributed by atoms with Gasteiger partial charge in [0.2, 0.25) is 5.95 Å². The molecule has 164 valence electrons. The van der Waals surface area contributed by atoms with Crippen molar-refractivity contribution in [3.05, 3.63) is 66.1 Å². The van der Waals surface area contributed by atoms with Gasteiger partial charge in [0.15, 0.2) is 17.4 Å². The molecule has 2 aromatic heterocycles. The van der Waals surface area contributed by atoms with Crippen molar-refractivity contribution in [2.45, 2.75) is 0 Å². The van der Waals surface area contributed by atoms with Gasteiger partial charge in [-0.05, 0) is 36.4 Å². The highest BCUT2D eigenvalue weighted by atomic mass is 16.5. The molecule has 11 heteroatoms. The van der Waals surface area contributed by atoms with Crippen molar-refractivity contribution in [3.63, 3.8) is 0 Å². The third kappa shape index (κ3) is 4.54. The average Bonchev–Trinajstić information content (AvgIpc) is 3.25. The maximum Gasteiger partial charge on any atom is 0.341 e. The summed E-state index contributed by atoms with van der Waals surface area (Å²) in [6.07, 6.45) is 2.78. The standard InChI is InChI=1S/C22H18N8O3/c1-30-12-25-19(29-30)15-4-3-5-17(18(15)33-2)27-20-16(21(31)32)11-24-22(28-20)26-14-8-6-13(10-23)7-9-14/h3-9,11-12H,1-2H3,(H,31,32)(H2,24,26,27,28). The highest BCUT2D eigenvalue weighted by Crippen LogP contribution is 2.36. The summed E-state index contributed by atoms with van der Waals surface area (Å²) in [5, 5.41) is 28.9. The fraction of sp³-hybridized carbons (Fsp3) is 0.0909. The van der Waals surface area contributed by atoms with Crippen molar-refractivity contribution in [3.8, 4) is 23.2 Å². The molecule has 0 saturated carbocycles. The summed E-state index contributed by atoms with van der Waals surface area (Å²) in [6.45, 7) is 0. The van der Waals surface area contributed by atoms with E-state index in [9.17, 15) is 9.90 Å². The van der Waals surface area contributed by atoms with E-state index in [-0.39, 0.29) is 17.3 Å². The predicted octanol–water partition coefficient (Wildman–Crippen LogP) is 3.34. The van der Waals surface area contributed by atoms with Gasteiger partial charge in [0, 0.05) is 18.9 Å². The molecule has 11 nitrogen and oxygen atoms in total. The zero-order valence-corrected chi connectivity index (χ0v) is 17.6. The number of nitrogens with zero attached hydrogens (tertiary/aromatic N) is 6. The van der Waals surface area contributed by atoms with Crippen LogP contribution in [0, 0.1) is 11.3 Å². The molecule has 0 unspecified atom stereocenters. The summed E-state index contributed by atoms with van der Waals surface area (Å²) in [5.41, 5.74) is 2.14. The summed E-state index contributed by atoms with van der Waals surface area (Å²) >= 11 is 0. The Kier molecular flexibility index (Phi) is 5.81. The van der Waals surface area contributed by atoms with Crippen LogP contribution in [0.5, 0.6) is 5.75 Å². The lowest BCUT2D eigenvalue weighted by Gasteiger charge is -2.15. The van der Waals surface area contributed by atoms with Crippen molar-refractivity contribution < 1.29 is 14.6 Å². The van der Waals surface area contributed by atoms with Gasteiger partial charge in [-0.25, -0.2) is 14.8 Å². The lowest BCUT2D eigenvalue weighted by Crippen LogP contribution is -2.09. The molecule has 0 fully saturated rings. The number of carboxylic acids is 1. The number of carboxylic acid groups (broad SMARTS) is 1. The normalized spacial score (nSPS) is 10.3.